The number of aromatic nitrogens is 1. The number of H-pyrrole nitrogens is 1. The van der Waals surface area contributed by atoms with Crippen molar-refractivity contribution in [1.82, 2.24) is 4.98 Å². The van der Waals surface area contributed by atoms with Crippen LogP contribution in [0.4, 0.5) is 5.69 Å². The zero-order valence-electron chi connectivity index (χ0n) is 16.4. The van der Waals surface area contributed by atoms with E-state index in [1.807, 2.05) is 18.2 Å². The summed E-state index contributed by atoms with van der Waals surface area (Å²) in [7, 11) is -3.72. The number of para-hydroxylation sites is 2. The van der Waals surface area contributed by atoms with Gasteiger partial charge in [-0.25, -0.2) is 8.42 Å². The molecule has 0 saturated carbocycles. The van der Waals surface area contributed by atoms with Crippen molar-refractivity contribution in [3.05, 3.63) is 65.9 Å². The van der Waals surface area contributed by atoms with Crippen LogP contribution in [-0.2, 0) is 19.6 Å². The average molecular weight is 414 g/mol. The van der Waals surface area contributed by atoms with Crippen LogP contribution in [0.15, 0.2) is 54.7 Å². The van der Waals surface area contributed by atoms with E-state index < -0.39 is 28.6 Å². The number of hydrogen-bond acceptors (Lipinski definition) is 5. The molecule has 1 atom stereocenters. The van der Waals surface area contributed by atoms with E-state index in [1.54, 1.807) is 43.5 Å². The summed E-state index contributed by atoms with van der Waals surface area (Å²) in [5.74, 6) is -1.17. The number of carbonyl (C=O) groups excluding carboxylic acids is 2. The number of nitrogens with one attached hydrogen (secondary N) is 1. The number of carbonyl (C=O) groups is 2. The molecule has 1 N–H and O–H groups in total. The molecular formula is C21H22N2O5S. The first kappa shape index (κ1) is 20.6. The molecule has 0 aliphatic rings. The van der Waals surface area contributed by atoms with Gasteiger partial charge in [-0.05, 0) is 31.5 Å². The first-order valence-electron chi connectivity index (χ1n) is 9.01. The first-order valence-corrected chi connectivity index (χ1v) is 10.9. The highest BCUT2D eigenvalue weighted by atomic mass is 32.2. The van der Waals surface area contributed by atoms with Crippen LogP contribution >= 0.6 is 0 Å². The Morgan fingerprint density at radius 2 is 1.76 bits per heavy atom. The van der Waals surface area contributed by atoms with Gasteiger partial charge in [0.05, 0.1) is 11.9 Å². The molecule has 0 amide bonds. The number of ketones is 1. The summed E-state index contributed by atoms with van der Waals surface area (Å²) in [6.07, 6.45) is 1.54. The molecule has 1 heterocycles. The van der Waals surface area contributed by atoms with Crippen LogP contribution in [-0.4, -0.2) is 44.1 Å². The third-order valence-corrected chi connectivity index (χ3v) is 5.72. The maximum atomic E-state index is 12.7. The van der Waals surface area contributed by atoms with Crippen LogP contribution in [0.3, 0.4) is 0 Å². The zero-order valence-corrected chi connectivity index (χ0v) is 17.2. The highest BCUT2D eigenvalue weighted by Crippen LogP contribution is 2.23. The second kappa shape index (κ2) is 8.08. The van der Waals surface area contributed by atoms with Crippen molar-refractivity contribution in [3.63, 3.8) is 0 Å². The number of aryl methyl sites for hydroxylation is 1. The molecule has 7 nitrogen and oxygen atoms in total. The van der Waals surface area contributed by atoms with E-state index in [9.17, 15) is 18.0 Å². The number of fused-ring (bicyclic) bond motifs is 1. The number of sulfonamides is 1. The second-order valence-electron chi connectivity index (χ2n) is 6.80. The summed E-state index contributed by atoms with van der Waals surface area (Å²) >= 11 is 0. The molecule has 1 aromatic heterocycles. The van der Waals surface area contributed by atoms with Crippen LogP contribution in [0.1, 0.15) is 22.8 Å². The van der Waals surface area contributed by atoms with Crippen molar-refractivity contribution in [3.8, 4) is 0 Å². The number of aromatic amines is 1. The topological polar surface area (TPSA) is 96.5 Å². The molecular weight excluding hydrogens is 392 g/mol. The molecule has 0 aliphatic heterocycles. The summed E-state index contributed by atoms with van der Waals surface area (Å²) in [4.78, 5) is 28.2. The van der Waals surface area contributed by atoms with Crippen LogP contribution < -0.4 is 4.31 Å². The SMILES string of the molecule is Cc1ccccc1N(CC(=O)O[C@H](C)C(=O)c1c[nH]c2ccccc12)S(C)(=O)=O. The summed E-state index contributed by atoms with van der Waals surface area (Å²) in [5, 5.41) is 0.734. The lowest BCUT2D eigenvalue weighted by Gasteiger charge is -2.23. The van der Waals surface area contributed by atoms with Crippen LogP contribution in [0.2, 0.25) is 0 Å². The average Bonchev–Trinajstić information content (AvgIpc) is 3.09. The minimum absolute atomic E-state index is 0.363. The van der Waals surface area contributed by atoms with Gasteiger partial charge in [-0.1, -0.05) is 36.4 Å². The number of ether oxygens (including phenoxy) is 1. The normalized spacial score (nSPS) is 12.5. The highest BCUT2D eigenvalue weighted by Gasteiger charge is 2.26. The molecule has 29 heavy (non-hydrogen) atoms. The Kier molecular flexibility index (Phi) is 5.74. The predicted octanol–water partition coefficient (Wildman–Crippen LogP) is 3.06. The van der Waals surface area contributed by atoms with Gasteiger partial charge in [0.25, 0.3) is 0 Å². The molecule has 8 heteroatoms. The van der Waals surface area contributed by atoms with Crippen LogP contribution in [0, 0.1) is 6.92 Å². The van der Waals surface area contributed by atoms with Crippen molar-refractivity contribution < 1.29 is 22.7 Å². The molecule has 2 aromatic carbocycles. The maximum absolute atomic E-state index is 12.7. The van der Waals surface area contributed by atoms with Gasteiger partial charge in [0.15, 0.2) is 6.10 Å². The van der Waals surface area contributed by atoms with E-state index in [0.29, 0.717) is 16.8 Å². The third-order valence-electron chi connectivity index (χ3n) is 4.59. The molecule has 3 rings (SSSR count). The van der Waals surface area contributed by atoms with Gasteiger partial charge >= 0.3 is 5.97 Å². The number of anilines is 1. The molecule has 0 bridgehead atoms. The Labute approximate surface area is 169 Å². The molecule has 0 saturated heterocycles. The molecule has 0 aliphatic carbocycles. The van der Waals surface area contributed by atoms with Gasteiger partial charge in [-0.15, -0.1) is 0 Å². The predicted molar refractivity (Wildman–Crippen MR) is 112 cm³/mol. The standard InChI is InChI=1S/C21H22N2O5S/c1-14-8-4-7-11-19(14)23(29(3,26)27)13-20(24)28-15(2)21(25)17-12-22-18-10-6-5-9-16(17)18/h4-12,15,22H,13H2,1-3H3/t15-/m1/s1. The number of benzene rings is 2. The third kappa shape index (κ3) is 4.48. The number of rotatable bonds is 7. The van der Waals surface area contributed by atoms with Gasteiger partial charge in [0.2, 0.25) is 15.8 Å². The van der Waals surface area contributed by atoms with Crippen LogP contribution in [0.5, 0.6) is 0 Å². The van der Waals surface area contributed by atoms with E-state index >= 15 is 0 Å². The summed E-state index contributed by atoms with van der Waals surface area (Å²) in [6.45, 7) is 2.71. The van der Waals surface area contributed by atoms with Crippen molar-refractivity contribution in [2.45, 2.75) is 20.0 Å². The van der Waals surface area contributed by atoms with Gasteiger partial charge in [0.1, 0.15) is 6.54 Å². The van der Waals surface area contributed by atoms with E-state index in [4.69, 9.17) is 4.74 Å². The Bertz CT molecular complexity index is 1170. The zero-order chi connectivity index (χ0) is 21.2. The quantitative estimate of drug-likeness (QED) is 0.473. The molecule has 0 spiro atoms. The number of hydrogen-bond donors (Lipinski definition) is 1. The highest BCUT2D eigenvalue weighted by molar-refractivity contribution is 7.92. The van der Waals surface area contributed by atoms with Gasteiger partial charge in [0, 0.05) is 22.7 Å². The van der Waals surface area contributed by atoms with E-state index in [-0.39, 0.29) is 5.78 Å². The minimum atomic E-state index is -3.72. The smallest absolute Gasteiger partial charge is 0.327 e. The largest absolute Gasteiger partial charge is 0.453 e. The molecule has 0 radical (unpaired) electrons. The molecule has 0 fully saturated rings. The van der Waals surface area contributed by atoms with Crippen molar-refractivity contribution in [2.24, 2.45) is 0 Å². The lowest BCUT2D eigenvalue weighted by atomic mass is 10.1. The van der Waals surface area contributed by atoms with Crippen molar-refractivity contribution in [1.29, 1.82) is 0 Å². The lowest BCUT2D eigenvalue weighted by Crippen LogP contribution is -2.38. The Balaban J connectivity index is 1.76. The van der Waals surface area contributed by atoms with Crippen LogP contribution in [0.25, 0.3) is 10.9 Å². The fraction of sp³-hybridized carbons (Fsp3) is 0.238. The Morgan fingerprint density at radius 1 is 1.10 bits per heavy atom. The summed E-state index contributed by atoms with van der Waals surface area (Å²) in [5.41, 5.74) is 2.31. The number of Topliss-reactive ketones (excluding diaryl/α,β-unsaturated/α-hetero) is 1. The monoisotopic (exact) mass is 414 g/mol. The molecule has 0 unspecified atom stereocenters. The van der Waals surface area contributed by atoms with Gasteiger partial charge < -0.3 is 9.72 Å². The fourth-order valence-electron chi connectivity index (χ4n) is 3.12. The van der Waals surface area contributed by atoms with Gasteiger partial charge in [-0.3, -0.25) is 13.9 Å². The first-order chi connectivity index (χ1) is 13.7. The molecule has 152 valence electrons. The van der Waals surface area contributed by atoms with Crippen molar-refractivity contribution >= 4 is 38.4 Å². The van der Waals surface area contributed by atoms with E-state index in [1.165, 1.54) is 6.92 Å². The van der Waals surface area contributed by atoms with Gasteiger partial charge in [-0.2, -0.15) is 0 Å². The van der Waals surface area contributed by atoms with Crippen molar-refractivity contribution in [2.75, 3.05) is 17.1 Å². The molecule has 3 aromatic rings. The Hall–Kier alpha value is -3.13. The summed E-state index contributed by atoms with van der Waals surface area (Å²) < 4.78 is 30.7. The number of nitrogens with zero attached hydrogens (tertiary/aromatic N) is 1. The fourth-order valence-corrected chi connectivity index (χ4v) is 4.03. The Morgan fingerprint density at radius 3 is 2.45 bits per heavy atom. The minimum Gasteiger partial charge on any atom is -0.453 e. The summed E-state index contributed by atoms with van der Waals surface area (Å²) in [6, 6.07) is 14.1. The second-order valence-corrected chi connectivity index (χ2v) is 8.71. The lowest BCUT2D eigenvalue weighted by molar-refractivity contribution is -0.144. The maximum Gasteiger partial charge on any atom is 0.327 e. The van der Waals surface area contributed by atoms with E-state index in [0.717, 1.165) is 21.5 Å². The van der Waals surface area contributed by atoms with E-state index in [2.05, 4.69) is 4.98 Å². The number of esters is 1.